The van der Waals surface area contributed by atoms with Gasteiger partial charge in [0.15, 0.2) is 11.5 Å². The summed E-state index contributed by atoms with van der Waals surface area (Å²) in [4.78, 5) is 0. The van der Waals surface area contributed by atoms with Gasteiger partial charge in [-0.2, -0.15) is 4.52 Å². The lowest BCUT2D eigenvalue weighted by Crippen LogP contribution is -2.14. The van der Waals surface area contributed by atoms with Crippen molar-refractivity contribution in [2.24, 2.45) is 0 Å². The zero-order valence-corrected chi connectivity index (χ0v) is 14.0. The van der Waals surface area contributed by atoms with Gasteiger partial charge in [-0.05, 0) is 50.6 Å². The van der Waals surface area contributed by atoms with Crippen LogP contribution in [-0.2, 0) is 0 Å². The van der Waals surface area contributed by atoms with Gasteiger partial charge < -0.3 is 15.2 Å². The van der Waals surface area contributed by atoms with Gasteiger partial charge in [0.05, 0.1) is 12.2 Å². The van der Waals surface area contributed by atoms with Gasteiger partial charge in [-0.1, -0.05) is 12.1 Å². The first-order valence-electron chi connectivity index (χ1n) is 7.90. The summed E-state index contributed by atoms with van der Waals surface area (Å²) in [6.45, 7) is 6.12. The number of aromatic nitrogens is 4. The molecule has 0 aliphatic rings. The summed E-state index contributed by atoms with van der Waals surface area (Å²) in [6.07, 6.45) is -0.571. The maximum atomic E-state index is 10.4. The lowest BCUT2D eigenvalue weighted by Gasteiger charge is -2.15. The van der Waals surface area contributed by atoms with Crippen LogP contribution < -0.4 is 10.1 Å². The minimum atomic E-state index is -0.666. The monoisotopic (exact) mass is 327 g/mol. The van der Waals surface area contributed by atoms with Crippen LogP contribution in [0.5, 0.6) is 5.75 Å². The van der Waals surface area contributed by atoms with Crippen molar-refractivity contribution < 1.29 is 9.84 Å². The fourth-order valence-electron chi connectivity index (χ4n) is 2.38. The normalized spacial score (nSPS) is 12.5. The zero-order chi connectivity index (χ0) is 17.1. The van der Waals surface area contributed by atoms with Crippen LogP contribution in [0.4, 0.5) is 5.82 Å². The van der Waals surface area contributed by atoms with E-state index in [2.05, 4.69) is 20.6 Å². The molecule has 1 aromatic carbocycles. The molecule has 0 aliphatic heterocycles. The minimum Gasteiger partial charge on any atom is -0.491 e. The molecule has 0 aliphatic carbocycles. The van der Waals surface area contributed by atoms with Crippen molar-refractivity contribution in [2.45, 2.75) is 33.0 Å². The van der Waals surface area contributed by atoms with Crippen molar-refractivity contribution in [3.05, 3.63) is 47.8 Å². The molecular formula is C17H21N5O2. The van der Waals surface area contributed by atoms with Gasteiger partial charge in [0.1, 0.15) is 11.6 Å². The molecule has 126 valence electrons. The first kappa shape index (κ1) is 16.2. The van der Waals surface area contributed by atoms with Crippen LogP contribution in [0.25, 0.3) is 5.65 Å². The van der Waals surface area contributed by atoms with Gasteiger partial charge >= 0.3 is 0 Å². The number of nitrogens with zero attached hydrogens (tertiary/aromatic N) is 4. The number of benzene rings is 1. The molecule has 0 radical (unpaired) electrons. The Balaban J connectivity index is 1.67. The van der Waals surface area contributed by atoms with E-state index in [0.29, 0.717) is 23.8 Å². The molecule has 0 saturated carbocycles. The van der Waals surface area contributed by atoms with Crippen LogP contribution in [0.2, 0.25) is 0 Å². The highest BCUT2D eigenvalue weighted by Crippen LogP contribution is 2.20. The summed E-state index contributed by atoms with van der Waals surface area (Å²) in [6, 6.07) is 11.1. The highest BCUT2D eigenvalue weighted by molar-refractivity contribution is 5.44. The van der Waals surface area contributed by atoms with Crippen molar-refractivity contribution >= 4 is 11.5 Å². The number of nitrogens with one attached hydrogen (secondary N) is 1. The molecule has 0 bridgehead atoms. The van der Waals surface area contributed by atoms with Gasteiger partial charge in [0.25, 0.3) is 0 Å². The maximum Gasteiger partial charge on any atom is 0.178 e. The summed E-state index contributed by atoms with van der Waals surface area (Å²) >= 11 is 0. The van der Waals surface area contributed by atoms with E-state index in [9.17, 15) is 5.11 Å². The van der Waals surface area contributed by atoms with Crippen molar-refractivity contribution in [1.29, 1.82) is 0 Å². The molecule has 2 heterocycles. The van der Waals surface area contributed by atoms with E-state index in [1.165, 1.54) is 0 Å². The number of anilines is 1. The third-order valence-corrected chi connectivity index (χ3v) is 3.51. The van der Waals surface area contributed by atoms with E-state index in [0.717, 1.165) is 11.3 Å². The molecule has 7 heteroatoms. The number of aliphatic hydroxyl groups excluding tert-OH is 1. The van der Waals surface area contributed by atoms with Crippen LogP contribution in [0, 0.1) is 6.92 Å². The van der Waals surface area contributed by atoms with E-state index in [4.69, 9.17) is 4.74 Å². The molecule has 0 saturated heterocycles. The summed E-state index contributed by atoms with van der Waals surface area (Å²) in [5.41, 5.74) is 1.49. The fraction of sp³-hybridized carbons (Fsp3) is 0.353. The minimum absolute atomic E-state index is 0.0958. The predicted octanol–water partition coefficient (Wildman–Crippen LogP) is 2.37. The first-order chi connectivity index (χ1) is 11.5. The average molecular weight is 327 g/mol. The number of hydrogen-bond donors (Lipinski definition) is 2. The van der Waals surface area contributed by atoms with Gasteiger partial charge in [-0.3, -0.25) is 0 Å². The maximum absolute atomic E-state index is 10.4. The summed E-state index contributed by atoms with van der Waals surface area (Å²) in [5.74, 6) is 2.12. The van der Waals surface area contributed by atoms with Gasteiger partial charge in [-0.25, -0.2) is 0 Å². The van der Waals surface area contributed by atoms with Crippen molar-refractivity contribution in [1.82, 2.24) is 19.8 Å². The Hall–Kier alpha value is -2.67. The third-order valence-electron chi connectivity index (χ3n) is 3.51. The van der Waals surface area contributed by atoms with Gasteiger partial charge in [0, 0.05) is 6.54 Å². The topological polar surface area (TPSA) is 84.6 Å². The molecule has 2 N–H and O–H groups in total. The molecule has 2 aromatic heterocycles. The Bertz CT molecular complexity index is 831. The Labute approximate surface area is 140 Å². The average Bonchev–Trinajstić information content (AvgIpc) is 2.93. The van der Waals surface area contributed by atoms with E-state index >= 15 is 0 Å². The largest absolute Gasteiger partial charge is 0.491 e. The molecule has 24 heavy (non-hydrogen) atoms. The molecule has 0 unspecified atom stereocenters. The number of aryl methyl sites for hydroxylation is 1. The second-order valence-electron chi connectivity index (χ2n) is 5.87. The van der Waals surface area contributed by atoms with Crippen LogP contribution in [0.1, 0.15) is 31.3 Å². The third kappa shape index (κ3) is 3.62. The summed E-state index contributed by atoms with van der Waals surface area (Å²) in [5, 5.41) is 25.9. The number of rotatable bonds is 6. The first-order valence-corrected chi connectivity index (χ1v) is 7.90. The smallest absolute Gasteiger partial charge is 0.178 e. The van der Waals surface area contributed by atoms with E-state index in [1.807, 2.05) is 57.2 Å². The second kappa shape index (κ2) is 6.84. The van der Waals surface area contributed by atoms with E-state index in [-0.39, 0.29) is 6.10 Å². The summed E-state index contributed by atoms with van der Waals surface area (Å²) in [7, 11) is 0. The molecule has 0 fully saturated rings. The Morgan fingerprint density at radius 3 is 2.83 bits per heavy atom. The number of hydrogen-bond acceptors (Lipinski definition) is 6. The lowest BCUT2D eigenvalue weighted by atomic mass is 10.1. The Morgan fingerprint density at radius 2 is 2.04 bits per heavy atom. The highest BCUT2D eigenvalue weighted by Gasteiger charge is 2.10. The van der Waals surface area contributed by atoms with E-state index < -0.39 is 6.10 Å². The standard InChI is InChI=1S/C17H21N5O2/c1-11(2)24-14-6-4-5-13(9-14)15(23)10-18-16-7-8-17-20-19-12(3)22(17)21-16/h4-9,11,15,23H,10H2,1-3H3,(H,18,21)/t15-/m0/s1. The SMILES string of the molecule is Cc1nnc2ccc(NC[C@H](O)c3cccc(OC(C)C)c3)nn12. The molecule has 1 atom stereocenters. The van der Waals surface area contributed by atoms with Gasteiger partial charge in [0.2, 0.25) is 0 Å². The number of fused-ring (bicyclic) bond motifs is 1. The summed E-state index contributed by atoms with van der Waals surface area (Å²) < 4.78 is 7.32. The molecule has 3 rings (SSSR count). The van der Waals surface area contributed by atoms with Crippen LogP contribution in [0.15, 0.2) is 36.4 Å². The van der Waals surface area contributed by atoms with Crippen LogP contribution in [0.3, 0.4) is 0 Å². The lowest BCUT2D eigenvalue weighted by molar-refractivity contribution is 0.189. The van der Waals surface area contributed by atoms with Crippen molar-refractivity contribution in [2.75, 3.05) is 11.9 Å². The molecule has 3 aromatic rings. The predicted molar refractivity (Wildman–Crippen MR) is 91.2 cm³/mol. The fourth-order valence-corrected chi connectivity index (χ4v) is 2.38. The molecule has 0 spiro atoms. The van der Waals surface area contributed by atoms with Gasteiger partial charge in [-0.15, -0.1) is 15.3 Å². The number of ether oxygens (including phenoxy) is 1. The highest BCUT2D eigenvalue weighted by atomic mass is 16.5. The Kier molecular flexibility index (Phi) is 4.61. The Morgan fingerprint density at radius 1 is 1.21 bits per heavy atom. The van der Waals surface area contributed by atoms with Crippen LogP contribution in [-0.4, -0.2) is 37.6 Å². The van der Waals surface area contributed by atoms with Crippen molar-refractivity contribution in [3.8, 4) is 5.75 Å². The van der Waals surface area contributed by atoms with Crippen molar-refractivity contribution in [3.63, 3.8) is 0 Å². The second-order valence-corrected chi connectivity index (χ2v) is 5.87. The molecular weight excluding hydrogens is 306 g/mol. The zero-order valence-electron chi connectivity index (χ0n) is 14.0. The quantitative estimate of drug-likeness (QED) is 0.723. The molecule has 7 nitrogen and oxygen atoms in total. The molecule has 0 amide bonds. The van der Waals surface area contributed by atoms with Crippen LogP contribution >= 0.6 is 0 Å². The number of aliphatic hydroxyl groups is 1. The van der Waals surface area contributed by atoms with E-state index in [1.54, 1.807) is 4.52 Å².